The number of fused-ring (bicyclic) bond motifs is 5. The van der Waals surface area contributed by atoms with E-state index in [0.29, 0.717) is 24.4 Å². The van der Waals surface area contributed by atoms with Gasteiger partial charge in [0.1, 0.15) is 6.10 Å². The lowest BCUT2D eigenvalue weighted by Gasteiger charge is -2.57. The number of halogens is 3. The molecule has 3 aliphatic carbocycles. The summed E-state index contributed by atoms with van der Waals surface area (Å²) in [5.74, 6) is -1.21. The lowest BCUT2D eigenvalue weighted by molar-refractivity contribution is -0.0530. The maximum Gasteiger partial charge on any atom is 0.357 e. The van der Waals surface area contributed by atoms with E-state index >= 15 is 0 Å². The van der Waals surface area contributed by atoms with Crippen molar-refractivity contribution >= 4 is 16.0 Å². The molecule has 2 fully saturated rings. The standard InChI is InChI=1S/C28H38F3NO5S/c1-27-15-13-21-20-9-8-19(32-38(35,36)37)17-18(20)12-16-28(21,23(27)10-11-24(27)34)14-6-4-2-3-5-7-22(33)25(29)26(30)31/h6,8-9,14,17,21-24,32-34H,2-5,7,10-13,15-16H2,1H3,(H,35,36,37)/t21?,22?,23?,24-,27-,28?/m0/s1. The van der Waals surface area contributed by atoms with Crippen molar-refractivity contribution in [1.82, 2.24) is 0 Å². The second-order valence-corrected chi connectivity index (χ2v) is 12.7. The molecule has 0 amide bonds. The van der Waals surface area contributed by atoms with Crippen molar-refractivity contribution in [2.24, 2.45) is 16.7 Å². The Morgan fingerprint density at radius 1 is 1.16 bits per heavy atom. The summed E-state index contributed by atoms with van der Waals surface area (Å²) in [7, 11) is -4.36. The first-order valence-corrected chi connectivity index (χ1v) is 14.9. The molecule has 1 aromatic rings. The van der Waals surface area contributed by atoms with E-state index in [9.17, 15) is 36.4 Å². The van der Waals surface area contributed by atoms with E-state index in [1.54, 1.807) is 12.1 Å². The Balaban J connectivity index is 1.49. The molecule has 212 valence electrons. The molecule has 38 heavy (non-hydrogen) atoms. The van der Waals surface area contributed by atoms with Gasteiger partial charge in [0.2, 0.25) is 0 Å². The molecule has 1 aromatic carbocycles. The van der Waals surface area contributed by atoms with Crippen molar-refractivity contribution in [3.8, 4) is 0 Å². The van der Waals surface area contributed by atoms with Gasteiger partial charge in [0.25, 0.3) is 0 Å². The number of allylic oxidation sites excluding steroid dienone is 2. The second-order valence-electron chi connectivity index (χ2n) is 11.5. The van der Waals surface area contributed by atoms with Gasteiger partial charge in [0.05, 0.1) is 11.8 Å². The Morgan fingerprint density at radius 2 is 1.92 bits per heavy atom. The van der Waals surface area contributed by atoms with Gasteiger partial charge >= 0.3 is 16.4 Å². The minimum atomic E-state index is -4.36. The Kier molecular flexibility index (Phi) is 8.67. The highest BCUT2D eigenvalue weighted by Gasteiger charge is 2.60. The van der Waals surface area contributed by atoms with Gasteiger partial charge in [-0.2, -0.15) is 17.2 Å². The van der Waals surface area contributed by atoms with Crippen molar-refractivity contribution < 1.29 is 36.4 Å². The van der Waals surface area contributed by atoms with Gasteiger partial charge in [0.15, 0.2) is 5.83 Å². The minimum Gasteiger partial charge on any atom is -0.393 e. The second kappa shape index (κ2) is 11.3. The number of benzene rings is 1. The highest BCUT2D eigenvalue weighted by Crippen LogP contribution is 2.67. The average Bonchev–Trinajstić information content (AvgIpc) is 3.16. The summed E-state index contributed by atoms with van der Waals surface area (Å²) in [4.78, 5) is 0. The molecule has 0 radical (unpaired) electrons. The van der Waals surface area contributed by atoms with Crippen molar-refractivity contribution in [1.29, 1.82) is 0 Å². The zero-order valence-electron chi connectivity index (χ0n) is 21.7. The quantitative estimate of drug-likeness (QED) is 0.151. The Hall–Kier alpha value is -1.88. The molecule has 6 atom stereocenters. The summed E-state index contributed by atoms with van der Waals surface area (Å²) < 4.78 is 71.5. The molecule has 6 nitrogen and oxygen atoms in total. The van der Waals surface area contributed by atoms with Crippen LogP contribution in [0.5, 0.6) is 0 Å². The number of aliphatic hydroxyl groups is 2. The average molecular weight is 558 g/mol. The molecule has 0 aromatic heterocycles. The van der Waals surface area contributed by atoms with E-state index in [0.717, 1.165) is 56.9 Å². The largest absolute Gasteiger partial charge is 0.393 e. The van der Waals surface area contributed by atoms with Crippen LogP contribution in [0.3, 0.4) is 0 Å². The number of unbranched alkanes of at least 4 members (excludes halogenated alkanes) is 3. The SMILES string of the molecule is C[C@]12CCC3c4ccc(NS(=O)(=O)O)cc4CCC3(C=CCCCCCC(O)C(F)=C(F)F)C1CC[C@@H]2O. The minimum absolute atomic E-state index is 0.0393. The molecule has 4 rings (SSSR count). The molecule has 0 bridgehead atoms. The predicted molar refractivity (Wildman–Crippen MR) is 140 cm³/mol. The monoisotopic (exact) mass is 557 g/mol. The van der Waals surface area contributed by atoms with E-state index in [1.807, 2.05) is 6.07 Å². The van der Waals surface area contributed by atoms with Gasteiger partial charge in [0, 0.05) is 0 Å². The zero-order chi connectivity index (χ0) is 27.7. The molecule has 0 saturated heterocycles. The van der Waals surface area contributed by atoms with Gasteiger partial charge in [-0.05, 0) is 104 Å². The Labute approximate surface area is 222 Å². The van der Waals surface area contributed by atoms with Gasteiger partial charge in [-0.25, -0.2) is 4.39 Å². The van der Waals surface area contributed by atoms with Crippen molar-refractivity contribution in [2.45, 2.75) is 95.7 Å². The van der Waals surface area contributed by atoms with E-state index in [-0.39, 0.29) is 29.3 Å². The van der Waals surface area contributed by atoms with Crippen LogP contribution in [0.2, 0.25) is 0 Å². The van der Waals surface area contributed by atoms with Gasteiger partial charge in [-0.3, -0.25) is 9.27 Å². The van der Waals surface area contributed by atoms with Crippen LogP contribution < -0.4 is 4.72 Å². The molecule has 4 N–H and O–H groups in total. The Bertz CT molecular complexity index is 1180. The lowest BCUT2D eigenvalue weighted by Crippen LogP contribution is -2.50. The van der Waals surface area contributed by atoms with Crippen LogP contribution >= 0.6 is 0 Å². The van der Waals surface area contributed by atoms with Crippen LogP contribution in [0, 0.1) is 16.7 Å². The van der Waals surface area contributed by atoms with Crippen LogP contribution in [0.25, 0.3) is 0 Å². The predicted octanol–water partition coefficient (Wildman–Crippen LogP) is 6.43. The number of aliphatic hydroxyl groups excluding tert-OH is 2. The fraction of sp³-hybridized carbons (Fsp3) is 0.643. The fourth-order valence-corrected chi connectivity index (χ4v) is 8.00. The number of rotatable bonds is 10. The van der Waals surface area contributed by atoms with Crippen LogP contribution in [-0.2, 0) is 16.7 Å². The first-order valence-electron chi connectivity index (χ1n) is 13.5. The molecule has 10 heteroatoms. The normalized spacial score (nSPS) is 31.4. The van der Waals surface area contributed by atoms with E-state index in [1.165, 1.54) is 5.56 Å². The van der Waals surface area contributed by atoms with E-state index < -0.39 is 28.3 Å². The number of hydrogen-bond donors (Lipinski definition) is 4. The van der Waals surface area contributed by atoms with Crippen molar-refractivity contribution in [3.05, 3.63) is 53.4 Å². The van der Waals surface area contributed by atoms with Crippen LogP contribution in [0.4, 0.5) is 18.9 Å². The molecule has 3 aliphatic rings. The van der Waals surface area contributed by atoms with Crippen LogP contribution in [0.1, 0.15) is 88.2 Å². The summed E-state index contributed by atoms with van der Waals surface area (Å²) in [6.07, 6.45) is 7.79. The molecule has 0 heterocycles. The molecular formula is C28H38F3NO5S. The van der Waals surface area contributed by atoms with E-state index in [2.05, 4.69) is 23.8 Å². The summed E-state index contributed by atoms with van der Waals surface area (Å²) in [6.45, 7) is 2.20. The number of anilines is 1. The zero-order valence-corrected chi connectivity index (χ0v) is 22.5. The third-order valence-electron chi connectivity index (χ3n) is 9.40. The first-order chi connectivity index (χ1) is 17.9. The Morgan fingerprint density at radius 3 is 2.63 bits per heavy atom. The van der Waals surface area contributed by atoms with Gasteiger partial charge in [-0.1, -0.05) is 38.0 Å². The summed E-state index contributed by atoms with van der Waals surface area (Å²) in [5.41, 5.74) is 2.29. The third-order valence-corrected chi connectivity index (χ3v) is 9.89. The number of nitrogens with one attached hydrogen (secondary N) is 1. The molecular weight excluding hydrogens is 519 g/mol. The van der Waals surface area contributed by atoms with Gasteiger partial charge < -0.3 is 10.2 Å². The smallest absolute Gasteiger partial charge is 0.357 e. The topological polar surface area (TPSA) is 107 Å². The lowest BCUT2D eigenvalue weighted by atomic mass is 9.47. The number of hydrogen-bond acceptors (Lipinski definition) is 4. The highest BCUT2D eigenvalue weighted by atomic mass is 32.2. The summed E-state index contributed by atoms with van der Waals surface area (Å²) >= 11 is 0. The van der Waals surface area contributed by atoms with Crippen molar-refractivity contribution in [3.63, 3.8) is 0 Å². The highest BCUT2D eigenvalue weighted by molar-refractivity contribution is 7.87. The summed E-state index contributed by atoms with van der Waals surface area (Å²) in [5, 5.41) is 20.4. The molecule has 2 saturated carbocycles. The fourth-order valence-electron chi connectivity index (χ4n) is 7.57. The van der Waals surface area contributed by atoms with E-state index in [4.69, 9.17) is 0 Å². The van der Waals surface area contributed by atoms with Crippen molar-refractivity contribution in [2.75, 3.05) is 4.72 Å². The summed E-state index contributed by atoms with van der Waals surface area (Å²) in [6, 6.07) is 5.45. The van der Waals surface area contributed by atoms with Crippen LogP contribution in [-0.4, -0.2) is 35.4 Å². The number of aryl methyl sites for hydroxylation is 1. The first kappa shape index (κ1) is 29.1. The van der Waals surface area contributed by atoms with Gasteiger partial charge in [-0.15, -0.1) is 0 Å². The molecule has 4 unspecified atom stereocenters. The third kappa shape index (κ3) is 5.83. The maximum atomic E-state index is 13.1. The van der Waals surface area contributed by atoms with Crippen LogP contribution in [0.15, 0.2) is 42.3 Å². The maximum absolute atomic E-state index is 13.1. The molecule has 0 spiro atoms. The molecule has 0 aliphatic heterocycles.